The van der Waals surface area contributed by atoms with Crippen molar-refractivity contribution in [3.8, 4) is 5.75 Å². The van der Waals surface area contributed by atoms with Crippen LogP contribution < -0.4 is 4.74 Å². The second kappa shape index (κ2) is 11.4. The van der Waals surface area contributed by atoms with Gasteiger partial charge in [0.05, 0.1) is 25.3 Å². The summed E-state index contributed by atoms with van der Waals surface area (Å²) >= 11 is 6.84. The van der Waals surface area contributed by atoms with Gasteiger partial charge < -0.3 is 13.8 Å². The zero-order chi connectivity index (χ0) is 20.6. The zero-order valence-electron chi connectivity index (χ0n) is 17.2. The highest BCUT2D eigenvalue weighted by atomic mass is 32.5. The molecule has 0 N–H and O–H groups in total. The van der Waals surface area contributed by atoms with Gasteiger partial charge in [-0.05, 0) is 63.1 Å². The quantitative estimate of drug-likeness (QED) is 0.340. The lowest BCUT2D eigenvalue weighted by Gasteiger charge is -2.36. The van der Waals surface area contributed by atoms with Gasteiger partial charge in [-0.1, -0.05) is 26.0 Å². The van der Waals surface area contributed by atoms with Gasteiger partial charge in [-0.15, -0.1) is 0 Å². The van der Waals surface area contributed by atoms with Crippen LogP contribution >= 0.6 is 18.8 Å². The van der Waals surface area contributed by atoms with Gasteiger partial charge in [-0.2, -0.15) is 4.08 Å². The summed E-state index contributed by atoms with van der Waals surface area (Å²) in [5.74, 6) is 0.874. The molecule has 1 aromatic carbocycles. The van der Waals surface area contributed by atoms with Crippen LogP contribution in [0.5, 0.6) is 5.75 Å². The fourth-order valence-corrected chi connectivity index (χ4v) is 6.66. The number of ether oxygens (including phenoxy) is 1. The Kier molecular flexibility index (Phi) is 10.3. The lowest BCUT2D eigenvalue weighted by molar-refractivity contribution is 0.186. The van der Waals surface area contributed by atoms with Gasteiger partial charge in [0.15, 0.2) is 0 Å². The predicted molar refractivity (Wildman–Crippen MR) is 116 cm³/mol. The predicted octanol–water partition coefficient (Wildman–Crippen LogP) is 5.81. The normalized spacial score (nSPS) is 12.1. The summed E-state index contributed by atoms with van der Waals surface area (Å²) in [6, 6.07) is 7.56. The Labute approximate surface area is 173 Å². The molecule has 27 heavy (non-hydrogen) atoms. The third-order valence-corrected chi connectivity index (χ3v) is 8.89. The van der Waals surface area contributed by atoms with Crippen molar-refractivity contribution in [1.82, 2.24) is 8.38 Å². The molecule has 154 valence electrons. The van der Waals surface area contributed by atoms with Gasteiger partial charge in [0, 0.05) is 13.1 Å². The molecule has 0 aromatic heterocycles. The first-order chi connectivity index (χ1) is 12.6. The van der Waals surface area contributed by atoms with Gasteiger partial charge in [0.2, 0.25) is 0 Å². The van der Waals surface area contributed by atoms with E-state index in [9.17, 15) is 4.79 Å². The van der Waals surface area contributed by atoms with Crippen molar-refractivity contribution in [2.24, 2.45) is 0 Å². The van der Waals surface area contributed by atoms with Gasteiger partial charge in [-0.3, -0.25) is 0 Å². The smallest absolute Gasteiger partial charge is 0.410 e. The van der Waals surface area contributed by atoms with Crippen LogP contribution in [0.4, 0.5) is 4.79 Å². The number of amides is 1. The van der Waals surface area contributed by atoms with Crippen molar-refractivity contribution < 1.29 is 18.6 Å². The molecule has 0 saturated carbocycles. The molecule has 1 amide bonds. The van der Waals surface area contributed by atoms with Gasteiger partial charge >= 0.3 is 6.09 Å². The van der Waals surface area contributed by atoms with Crippen molar-refractivity contribution >= 4 is 36.7 Å². The van der Waals surface area contributed by atoms with E-state index in [1.807, 2.05) is 50.0 Å². The van der Waals surface area contributed by atoms with E-state index in [1.165, 1.54) is 4.31 Å². The summed E-state index contributed by atoms with van der Waals surface area (Å²) in [5, 5.41) is 0. The number of carbonyl (C=O) groups excluding carboxylic acids is 1. The lowest BCUT2D eigenvalue weighted by Crippen LogP contribution is -2.32. The minimum Gasteiger partial charge on any atom is -0.410 e. The number of benzene rings is 1. The highest BCUT2D eigenvalue weighted by Gasteiger charge is 2.34. The SMILES string of the molecule is CCOP(=S)(OCC)N(SN(C)C(=O)Oc1cccc(C(C)C)c1)C(C)C. The Balaban J connectivity index is 2.89. The summed E-state index contributed by atoms with van der Waals surface area (Å²) in [4.78, 5) is 12.5. The fourth-order valence-electron chi connectivity index (χ4n) is 2.16. The number of hydrogen-bond acceptors (Lipinski definition) is 6. The van der Waals surface area contributed by atoms with E-state index >= 15 is 0 Å². The molecule has 9 heteroatoms. The standard InChI is InChI=1S/C18H31N2O4PS2/c1-8-22-25(26,23-9-2)20(15(5)6)27-19(7)18(21)24-17-12-10-11-16(13-17)14(3)4/h10-15H,8-9H2,1-7H3. The highest BCUT2D eigenvalue weighted by Crippen LogP contribution is 2.57. The van der Waals surface area contributed by atoms with E-state index < -0.39 is 12.7 Å². The molecule has 0 fully saturated rings. The molecule has 6 nitrogen and oxygen atoms in total. The number of hydrogen-bond donors (Lipinski definition) is 0. The fraction of sp³-hybridized carbons (Fsp3) is 0.611. The Morgan fingerprint density at radius 2 is 1.78 bits per heavy atom. The molecule has 0 radical (unpaired) electrons. The zero-order valence-corrected chi connectivity index (χ0v) is 19.7. The Bertz CT molecular complexity index is 648. The largest absolute Gasteiger partial charge is 0.426 e. The summed E-state index contributed by atoms with van der Waals surface area (Å²) in [5.41, 5.74) is 1.11. The van der Waals surface area contributed by atoms with Crippen LogP contribution in [0.1, 0.15) is 53.0 Å². The maximum absolute atomic E-state index is 12.5. The van der Waals surface area contributed by atoms with Crippen molar-refractivity contribution in [1.29, 1.82) is 0 Å². The third kappa shape index (κ3) is 7.37. The molecule has 0 aliphatic heterocycles. The molecule has 0 unspecified atom stereocenters. The van der Waals surface area contributed by atoms with Gasteiger partial charge in [0.25, 0.3) is 6.64 Å². The Hall–Kier alpha value is -0.630. The monoisotopic (exact) mass is 434 g/mol. The second-order valence-electron chi connectivity index (χ2n) is 6.37. The summed E-state index contributed by atoms with van der Waals surface area (Å²) in [6.45, 7) is 10.1. The Morgan fingerprint density at radius 1 is 1.19 bits per heavy atom. The second-order valence-corrected chi connectivity index (χ2v) is 11.0. The first-order valence-corrected chi connectivity index (χ1v) is 12.4. The molecule has 1 aromatic rings. The van der Waals surface area contributed by atoms with Crippen LogP contribution in [0, 0.1) is 0 Å². The molecular formula is C18H31N2O4PS2. The van der Waals surface area contributed by atoms with Crippen molar-refractivity contribution in [3.05, 3.63) is 29.8 Å². The van der Waals surface area contributed by atoms with Crippen LogP contribution in [0.25, 0.3) is 0 Å². The summed E-state index contributed by atoms with van der Waals surface area (Å²) in [7, 11) is 1.65. The average Bonchev–Trinajstić information content (AvgIpc) is 2.59. The molecule has 0 bridgehead atoms. The van der Waals surface area contributed by atoms with Crippen molar-refractivity contribution in [2.45, 2.75) is 53.5 Å². The topological polar surface area (TPSA) is 51.2 Å². The minimum atomic E-state index is -2.70. The van der Waals surface area contributed by atoms with E-state index in [-0.39, 0.29) is 6.04 Å². The van der Waals surface area contributed by atoms with Crippen LogP contribution in [0.15, 0.2) is 24.3 Å². The summed E-state index contributed by atoms with van der Waals surface area (Å²) < 4.78 is 20.3. The molecule has 1 rings (SSSR count). The van der Waals surface area contributed by atoms with Crippen LogP contribution in [0.3, 0.4) is 0 Å². The first-order valence-electron chi connectivity index (χ1n) is 9.07. The highest BCUT2D eigenvalue weighted by molar-refractivity contribution is 8.15. The molecule has 0 aliphatic rings. The average molecular weight is 435 g/mol. The van der Waals surface area contributed by atoms with Gasteiger partial charge in [0.1, 0.15) is 5.75 Å². The molecule has 0 heterocycles. The van der Waals surface area contributed by atoms with Crippen LogP contribution in [-0.2, 0) is 20.9 Å². The molecule has 0 saturated heterocycles. The minimum absolute atomic E-state index is 0.0125. The molecule has 0 atom stereocenters. The van der Waals surface area contributed by atoms with Crippen molar-refractivity contribution in [2.75, 3.05) is 20.3 Å². The maximum Gasteiger partial charge on any atom is 0.426 e. The molecular weight excluding hydrogens is 403 g/mol. The maximum atomic E-state index is 12.5. The first kappa shape index (κ1) is 24.4. The van der Waals surface area contributed by atoms with E-state index in [1.54, 1.807) is 13.1 Å². The molecule has 0 aliphatic carbocycles. The Morgan fingerprint density at radius 3 is 2.26 bits per heavy atom. The van der Waals surface area contributed by atoms with Gasteiger partial charge in [-0.25, -0.2) is 9.10 Å². The number of carbonyl (C=O) groups is 1. The number of nitrogens with zero attached hydrogens (tertiary/aromatic N) is 2. The van der Waals surface area contributed by atoms with Crippen LogP contribution in [-0.4, -0.2) is 40.8 Å². The van der Waals surface area contributed by atoms with E-state index in [2.05, 4.69) is 13.8 Å². The summed E-state index contributed by atoms with van der Waals surface area (Å²) in [6.07, 6.45) is -0.485. The number of rotatable bonds is 10. The van der Waals surface area contributed by atoms with Crippen LogP contribution in [0.2, 0.25) is 0 Å². The van der Waals surface area contributed by atoms with E-state index in [4.69, 9.17) is 25.6 Å². The molecule has 0 spiro atoms. The third-order valence-electron chi connectivity index (χ3n) is 3.46. The van der Waals surface area contributed by atoms with Crippen molar-refractivity contribution in [3.63, 3.8) is 0 Å². The lowest BCUT2D eigenvalue weighted by atomic mass is 10.0. The van der Waals surface area contributed by atoms with E-state index in [0.717, 1.165) is 17.7 Å². The van der Waals surface area contributed by atoms with E-state index in [0.29, 0.717) is 24.9 Å².